The molecule has 0 fully saturated rings. The predicted molar refractivity (Wildman–Crippen MR) is 81.6 cm³/mol. The lowest BCUT2D eigenvalue weighted by Gasteiger charge is -2.01. The molecule has 6 heteroatoms. The van der Waals surface area contributed by atoms with Crippen molar-refractivity contribution in [3.05, 3.63) is 47.9 Å². The fourth-order valence-corrected chi connectivity index (χ4v) is 2.40. The first kappa shape index (κ1) is 14.1. The highest BCUT2D eigenvalue weighted by molar-refractivity contribution is 5.96. The second-order valence-corrected chi connectivity index (χ2v) is 4.92. The van der Waals surface area contributed by atoms with Gasteiger partial charge in [0.05, 0.1) is 11.8 Å². The van der Waals surface area contributed by atoms with Crippen molar-refractivity contribution >= 4 is 22.5 Å². The van der Waals surface area contributed by atoms with Gasteiger partial charge in [0.15, 0.2) is 11.4 Å². The first-order valence-corrected chi connectivity index (χ1v) is 6.93. The number of benzene rings is 1. The number of carbonyl (C=O) groups is 1. The number of carbonyl (C=O) groups excluding carboxylic acids is 1. The van der Waals surface area contributed by atoms with Gasteiger partial charge < -0.3 is 14.1 Å². The van der Waals surface area contributed by atoms with E-state index in [9.17, 15) is 9.90 Å². The van der Waals surface area contributed by atoms with E-state index in [2.05, 4.69) is 10.2 Å². The van der Waals surface area contributed by atoms with Crippen LogP contribution in [0.15, 0.2) is 51.2 Å². The Hall–Kier alpha value is -2.89. The molecule has 2 heterocycles. The summed E-state index contributed by atoms with van der Waals surface area (Å²) >= 11 is 0. The van der Waals surface area contributed by atoms with Crippen molar-refractivity contribution in [2.45, 2.75) is 20.4 Å². The van der Waals surface area contributed by atoms with Gasteiger partial charge in [-0.15, -0.1) is 10.2 Å². The van der Waals surface area contributed by atoms with Crippen LogP contribution >= 0.6 is 0 Å². The zero-order valence-corrected chi connectivity index (χ0v) is 12.3. The van der Waals surface area contributed by atoms with Crippen molar-refractivity contribution in [3.8, 4) is 5.88 Å². The fourth-order valence-electron chi connectivity index (χ4n) is 2.40. The second-order valence-electron chi connectivity index (χ2n) is 4.92. The average molecular weight is 297 g/mol. The van der Waals surface area contributed by atoms with Crippen LogP contribution in [-0.2, 0) is 6.54 Å². The maximum Gasteiger partial charge on any atom is 0.331 e. The molecule has 1 amide bonds. The molecule has 1 aromatic carbocycles. The Bertz CT molecular complexity index is 861. The number of furan rings is 1. The summed E-state index contributed by atoms with van der Waals surface area (Å²) in [6.45, 7) is 4.47. The van der Waals surface area contributed by atoms with E-state index >= 15 is 0 Å². The van der Waals surface area contributed by atoms with Crippen LogP contribution in [0.5, 0.6) is 5.88 Å². The third-order valence-electron chi connectivity index (χ3n) is 3.45. The lowest BCUT2D eigenvalue weighted by atomic mass is 10.1. The third kappa shape index (κ3) is 2.28. The zero-order valence-electron chi connectivity index (χ0n) is 12.3. The Labute approximate surface area is 126 Å². The molecule has 0 atom stereocenters. The van der Waals surface area contributed by atoms with Crippen LogP contribution in [0.3, 0.4) is 0 Å². The molecule has 1 N–H and O–H groups in total. The Balaban J connectivity index is 2.08. The highest BCUT2D eigenvalue weighted by atomic mass is 16.3. The Morgan fingerprint density at radius 1 is 1.36 bits per heavy atom. The van der Waals surface area contributed by atoms with Crippen LogP contribution in [0, 0.1) is 6.92 Å². The summed E-state index contributed by atoms with van der Waals surface area (Å²) in [7, 11) is 0. The summed E-state index contributed by atoms with van der Waals surface area (Å²) in [6.07, 6.45) is 1.40. The largest absolute Gasteiger partial charge is 0.493 e. The molecule has 0 spiro atoms. The monoisotopic (exact) mass is 297 g/mol. The van der Waals surface area contributed by atoms with Gasteiger partial charge in [0.2, 0.25) is 5.88 Å². The third-order valence-corrected chi connectivity index (χ3v) is 3.45. The minimum atomic E-state index is -0.588. The number of rotatable bonds is 3. The number of fused-ring (bicyclic) bond motifs is 1. The van der Waals surface area contributed by atoms with Gasteiger partial charge in [-0.3, -0.25) is 4.79 Å². The molecule has 0 saturated heterocycles. The smallest absolute Gasteiger partial charge is 0.331 e. The van der Waals surface area contributed by atoms with Gasteiger partial charge >= 0.3 is 5.91 Å². The summed E-state index contributed by atoms with van der Waals surface area (Å²) in [5.41, 5.74) is 2.18. The van der Waals surface area contributed by atoms with Crippen LogP contribution in [0.25, 0.3) is 10.9 Å². The van der Waals surface area contributed by atoms with Crippen molar-refractivity contribution < 1.29 is 14.3 Å². The van der Waals surface area contributed by atoms with Gasteiger partial charge in [-0.05, 0) is 38.1 Å². The van der Waals surface area contributed by atoms with Crippen LogP contribution in [0.2, 0.25) is 0 Å². The minimum Gasteiger partial charge on any atom is -0.493 e. The molecule has 0 radical (unpaired) electrons. The molecule has 0 aliphatic carbocycles. The van der Waals surface area contributed by atoms with E-state index in [0.717, 1.165) is 16.5 Å². The number of amides is 1. The topological polar surface area (TPSA) is 80.1 Å². The summed E-state index contributed by atoms with van der Waals surface area (Å²) < 4.78 is 6.70. The van der Waals surface area contributed by atoms with Gasteiger partial charge in [-0.1, -0.05) is 11.6 Å². The summed E-state index contributed by atoms with van der Waals surface area (Å²) in [5, 5.41) is 18.7. The van der Waals surface area contributed by atoms with Gasteiger partial charge in [0.1, 0.15) is 0 Å². The van der Waals surface area contributed by atoms with Gasteiger partial charge in [-0.2, -0.15) is 0 Å². The number of hydrogen-bond acceptors (Lipinski definition) is 4. The fraction of sp³-hybridized carbons (Fsp3) is 0.188. The summed E-state index contributed by atoms with van der Waals surface area (Å²) in [6, 6.07) is 8.91. The lowest BCUT2D eigenvalue weighted by molar-refractivity contribution is 0.0968. The first-order chi connectivity index (χ1) is 10.6. The van der Waals surface area contributed by atoms with Crippen LogP contribution < -0.4 is 0 Å². The molecule has 0 unspecified atom stereocenters. The van der Waals surface area contributed by atoms with Gasteiger partial charge in [0.25, 0.3) is 0 Å². The van der Waals surface area contributed by atoms with E-state index < -0.39 is 5.91 Å². The number of aromatic nitrogens is 1. The van der Waals surface area contributed by atoms with E-state index in [1.165, 1.54) is 12.3 Å². The SMILES string of the molecule is CCn1c(O)c(N=NC(=O)c2ccco2)c2cc(C)ccc21. The van der Waals surface area contributed by atoms with Gasteiger partial charge in [-0.25, -0.2) is 0 Å². The lowest BCUT2D eigenvalue weighted by Crippen LogP contribution is -1.92. The molecule has 6 nitrogen and oxygen atoms in total. The maximum atomic E-state index is 11.8. The Kier molecular flexibility index (Phi) is 3.50. The molecule has 2 aromatic heterocycles. The molecule has 3 rings (SSSR count). The molecular weight excluding hydrogens is 282 g/mol. The van der Waals surface area contributed by atoms with Crippen LogP contribution in [0.1, 0.15) is 23.0 Å². The van der Waals surface area contributed by atoms with Crippen LogP contribution in [0.4, 0.5) is 5.69 Å². The minimum absolute atomic E-state index is 0.000838. The summed E-state index contributed by atoms with van der Waals surface area (Å²) in [5.74, 6) is -0.479. The van der Waals surface area contributed by atoms with Crippen molar-refractivity contribution in [1.29, 1.82) is 0 Å². The molecule has 22 heavy (non-hydrogen) atoms. The number of azo groups is 1. The first-order valence-electron chi connectivity index (χ1n) is 6.93. The van der Waals surface area contributed by atoms with E-state index in [1.807, 2.05) is 32.0 Å². The zero-order chi connectivity index (χ0) is 15.7. The van der Waals surface area contributed by atoms with Crippen molar-refractivity contribution in [1.82, 2.24) is 4.57 Å². The molecule has 3 aromatic rings. The van der Waals surface area contributed by atoms with Crippen molar-refractivity contribution in [2.24, 2.45) is 10.2 Å². The molecular formula is C16H15N3O3. The van der Waals surface area contributed by atoms with Crippen molar-refractivity contribution in [3.63, 3.8) is 0 Å². The Morgan fingerprint density at radius 2 is 2.18 bits per heavy atom. The highest BCUT2D eigenvalue weighted by Crippen LogP contribution is 2.39. The predicted octanol–water partition coefficient (Wildman–Crippen LogP) is 4.19. The number of aryl methyl sites for hydroxylation is 2. The van der Waals surface area contributed by atoms with Crippen LogP contribution in [-0.4, -0.2) is 15.6 Å². The standard InChI is InChI=1S/C16H15N3O3/c1-3-19-12-7-6-10(2)9-11(12)14(16(19)21)17-18-15(20)13-5-4-8-22-13/h4-9,21H,3H2,1-2H3. The highest BCUT2D eigenvalue weighted by Gasteiger charge is 2.16. The van der Waals surface area contributed by atoms with Crippen molar-refractivity contribution in [2.75, 3.05) is 0 Å². The molecule has 0 bridgehead atoms. The molecule has 0 aliphatic heterocycles. The number of hydrogen-bond donors (Lipinski definition) is 1. The van der Waals surface area contributed by atoms with E-state index in [4.69, 9.17) is 4.42 Å². The van der Waals surface area contributed by atoms with E-state index in [0.29, 0.717) is 12.2 Å². The number of aromatic hydroxyl groups is 1. The van der Waals surface area contributed by atoms with E-state index in [-0.39, 0.29) is 11.6 Å². The normalized spacial score (nSPS) is 11.5. The molecule has 112 valence electrons. The van der Waals surface area contributed by atoms with Gasteiger partial charge in [0, 0.05) is 11.9 Å². The van der Waals surface area contributed by atoms with E-state index in [1.54, 1.807) is 10.6 Å². The average Bonchev–Trinajstić information content (AvgIpc) is 3.11. The Morgan fingerprint density at radius 3 is 2.86 bits per heavy atom. The number of nitrogens with zero attached hydrogens (tertiary/aromatic N) is 3. The molecule has 0 saturated carbocycles. The summed E-state index contributed by atoms with van der Waals surface area (Å²) in [4.78, 5) is 11.8. The quantitative estimate of drug-likeness (QED) is 0.736. The maximum absolute atomic E-state index is 11.8. The molecule has 0 aliphatic rings. The second kappa shape index (κ2) is 5.48.